The minimum atomic E-state index is 0.0342. The Labute approximate surface area is 127 Å². The molecule has 2 rings (SSSR count). The van der Waals surface area contributed by atoms with Crippen molar-refractivity contribution >= 4 is 16.6 Å². The zero-order chi connectivity index (χ0) is 15.2. The van der Waals surface area contributed by atoms with Crippen molar-refractivity contribution in [2.24, 2.45) is 5.92 Å². The zero-order valence-electron chi connectivity index (χ0n) is 13.3. The van der Waals surface area contributed by atoms with E-state index in [2.05, 4.69) is 42.8 Å². The van der Waals surface area contributed by atoms with Gasteiger partial charge in [-0.25, -0.2) is 4.98 Å². The van der Waals surface area contributed by atoms with Crippen LogP contribution in [0.2, 0.25) is 0 Å². The molecule has 0 saturated carbocycles. The molecule has 114 valence electrons. The van der Waals surface area contributed by atoms with Crippen LogP contribution in [0, 0.1) is 5.92 Å². The van der Waals surface area contributed by atoms with E-state index in [4.69, 9.17) is 0 Å². The molecule has 0 aliphatic rings. The van der Waals surface area contributed by atoms with Crippen LogP contribution in [0.15, 0.2) is 30.5 Å². The minimum absolute atomic E-state index is 0.0342. The van der Waals surface area contributed by atoms with Gasteiger partial charge in [-0.15, -0.1) is 0 Å². The summed E-state index contributed by atoms with van der Waals surface area (Å²) in [5.74, 6) is 1.74. The van der Waals surface area contributed by atoms with E-state index in [9.17, 15) is 5.11 Å². The third-order valence-electron chi connectivity index (χ3n) is 4.34. The lowest BCUT2D eigenvalue weighted by atomic mass is 10.0. The van der Waals surface area contributed by atoms with E-state index >= 15 is 0 Å². The molecule has 0 aliphatic carbocycles. The molecule has 3 heteroatoms. The van der Waals surface area contributed by atoms with Crippen LogP contribution in [-0.2, 0) is 6.61 Å². The number of anilines is 1. The summed E-state index contributed by atoms with van der Waals surface area (Å²) < 4.78 is 0. The largest absolute Gasteiger partial charge is 0.392 e. The number of aliphatic hydroxyl groups is 1. The van der Waals surface area contributed by atoms with E-state index in [0.717, 1.165) is 35.2 Å². The zero-order valence-corrected chi connectivity index (χ0v) is 13.3. The average molecular weight is 286 g/mol. The highest BCUT2D eigenvalue weighted by Gasteiger charge is 2.15. The second-order valence-corrected chi connectivity index (χ2v) is 5.53. The van der Waals surface area contributed by atoms with Gasteiger partial charge in [0.2, 0.25) is 0 Å². The summed E-state index contributed by atoms with van der Waals surface area (Å²) in [6.45, 7) is 8.71. The van der Waals surface area contributed by atoms with Crippen molar-refractivity contribution in [3.05, 3.63) is 36.0 Å². The van der Waals surface area contributed by atoms with Gasteiger partial charge in [0.1, 0.15) is 5.82 Å². The Morgan fingerprint density at radius 2 is 1.76 bits per heavy atom. The minimum Gasteiger partial charge on any atom is -0.392 e. The number of benzene rings is 1. The van der Waals surface area contributed by atoms with E-state index in [0.29, 0.717) is 5.92 Å². The molecule has 0 fully saturated rings. The summed E-state index contributed by atoms with van der Waals surface area (Å²) >= 11 is 0. The Bertz CT molecular complexity index is 578. The van der Waals surface area contributed by atoms with Crippen LogP contribution in [0.1, 0.15) is 39.2 Å². The Hall–Kier alpha value is -1.61. The first-order valence-electron chi connectivity index (χ1n) is 7.97. The molecule has 1 aromatic carbocycles. The lowest BCUT2D eigenvalue weighted by molar-refractivity contribution is 0.283. The van der Waals surface area contributed by atoms with Gasteiger partial charge in [-0.1, -0.05) is 51.0 Å². The molecule has 1 aromatic heterocycles. The van der Waals surface area contributed by atoms with Gasteiger partial charge in [0.15, 0.2) is 0 Å². The summed E-state index contributed by atoms with van der Waals surface area (Å²) in [4.78, 5) is 7.00. The highest BCUT2D eigenvalue weighted by Crippen LogP contribution is 2.28. The van der Waals surface area contributed by atoms with Crippen molar-refractivity contribution < 1.29 is 5.11 Å². The smallest absolute Gasteiger partial charge is 0.136 e. The molecule has 0 amide bonds. The normalized spacial score (nSPS) is 11.3. The summed E-state index contributed by atoms with van der Waals surface area (Å²) in [5, 5.41) is 11.7. The fourth-order valence-electron chi connectivity index (χ4n) is 2.84. The van der Waals surface area contributed by atoms with Crippen LogP contribution in [-0.4, -0.2) is 23.2 Å². The van der Waals surface area contributed by atoms with Gasteiger partial charge in [0.25, 0.3) is 0 Å². The predicted molar refractivity (Wildman–Crippen MR) is 89.6 cm³/mol. The molecular weight excluding hydrogens is 260 g/mol. The van der Waals surface area contributed by atoms with Crippen molar-refractivity contribution in [2.75, 3.05) is 18.0 Å². The number of pyridine rings is 1. The molecule has 0 atom stereocenters. The first kappa shape index (κ1) is 15.8. The third kappa shape index (κ3) is 3.35. The number of rotatable bonds is 7. The molecule has 0 bridgehead atoms. The third-order valence-corrected chi connectivity index (χ3v) is 4.34. The number of nitrogens with zero attached hydrogens (tertiary/aromatic N) is 2. The molecule has 0 unspecified atom stereocenters. The molecule has 0 radical (unpaired) electrons. The second kappa shape index (κ2) is 7.41. The molecule has 21 heavy (non-hydrogen) atoms. The average Bonchev–Trinajstić information content (AvgIpc) is 2.55. The fraction of sp³-hybridized carbons (Fsp3) is 0.500. The monoisotopic (exact) mass is 286 g/mol. The van der Waals surface area contributed by atoms with Crippen LogP contribution in [0.25, 0.3) is 10.8 Å². The molecule has 3 nitrogen and oxygen atoms in total. The standard InChI is InChI=1S/C18H26N2O/c1-4-14(5-2)12-20(6-3)18-17-10-8-7-9-16(17)15(13-21)11-19-18/h7-11,14,21H,4-6,12-13H2,1-3H3. The van der Waals surface area contributed by atoms with Crippen LogP contribution in [0.3, 0.4) is 0 Å². The number of hydrogen-bond acceptors (Lipinski definition) is 3. The van der Waals surface area contributed by atoms with E-state index in [1.807, 2.05) is 18.3 Å². The van der Waals surface area contributed by atoms with Crippen molar-refractivity contribution in [3.63, 3.8) is 0 Å². The summed E-state index contributed by atoms with van der Waals surface area (Å²) in [5.41, 5.74) is 0.896. The summed E-state index contributed by atoms with van der Waals surface area (Å²) in [6.07, 6.45) is 4.20. The quantitative estimate of drug-likeness (QED) is 0.836. The first-order chi connectivity index (χ1) is 10.2. The Morgan fingerprint density at radius 1 is 1.10 bits per heavy atom. The van der Waals surface area contributed by atoms with Gasteiger partial charge in [0.05, 0.1) is 6.61 Å². The van der Waals surface area contributed by atoms with Gasteiger partial charge in [0, 0.05) is 30.2 Å². The highest BCUT2D eigenvalue weighted by atomic mass is 16.3. The molecule has 2 aromatic rings. The van der Waals surface area contributed by atoms with E-state index in [-0.39, 0.29) is 6.61 Å². The van der Waals surface area contributed by atoms with Crippen LogP contribution >= 0.6 is 0 Å². The number of aromatic nitrogens is 1. The van der Waals surface area contributed by atoms with Crippen LogP contribution in [0.4, 0.5) is 5.82 Å². The fourth-order valence-corrected chi connectivity index (χ4v) is 2.84. The van der Waals surface area contributed by atoms with E-state index in [1.165, 1.54) is 12.8 Å². The van der Waals surface area contributed by atoms with Crippen molar-refractivity contribution in [2.45, 2.75) is 40.2 Å². The summed E-state index contributed by atoms with van der Waals surface area (Å²) in [6, 6.07) is 8.23. The lowest BCUT2D eigenvalue weighted by Gasteiger charge is -2.27. The first-order valence-corrected chi connectivity index (χ1v) is 7.97. The predicted octanol–water partition coefficient (Wildman–Crippen LogP) is 3.99. The van der Waals surface area contributed by atoms with E-state index < -0.39 is 0 Å². The Kier molecular flexibility index (Phi) is 5.57. The van der Waals surface area contributed by atoms with Crippen molar-refractivity contribution in [3.8, 4) is 0 Å². The van der Waals surface area contributed by atoms with Crippen LogP contribution in [0.5, 0.6) is 0 Å². The molecule has 0 saturated heterocycles. The maximum absolute atomic E-state index is 9.49. The number of aliphatic hydroxyl groups excluding tert-OH is 1. The highest BCUT2D eigenvalue weighted by molar-refractivity contribution is 5.94. The molecule has 0 spiro atoms. The van der Waals surface area contributed by atoms with Gasteiger partial charge in [-0.05, 0) is 18.2 Å². The maximum atomic E-state index is 9.49. The molecule has 1 N–H and O–H groups in total. The van der Waals surface area contributed by atoms with Gasteiger partial charge >= 0.3 is 0 Å². The molecular formula is C18H26N2O. The van der Waals surface area contributed by atoms with Gasteiger partial charge in [-0.2, -0.15) is 0 Å². The molecule has 1 heterocycles. The Balaban J connectivity index is 2.44. The number of fused-ring (bicyclic) bond motifs is 1. The number of hydrogen-bond donors (Lipinski definition) is 1. The van der Waals surface area contributed by atoms with Crippen LogP contribution < -0.4 is 4.90 Å². The lowest BCUT2D eigenvalue weighted by Crippen LogP contribution is -2.30. The van der Waals surface area contributed by atoms with Crippen molar-refractivity contribution in [1.82, 2.24) is 4.98 Å². The second-order valence-electron chi connectivity index (χ2n) is 5.53. The van der Waals surface area contributed by atoms with Gasteiger partial charge < -0.3 is 10.0 Å². The van der Waals surface area contributed by atoms with E-state index in [1.54, 1.807) is 0 Å². The topological polar surface area (TPSA) is 36.4 Å². The van der Waals surface area contributed by atoms with Crippen molar-refractivity contribution in [1.29, 1.82) is 0 Å². The Morgan fingerprint density at radius 3 is 2.33 bits per heavy atom. The summed E-state index contributed by atoms with van der Waals surface area (Å²) in [7, 11) is 0. The van der Waals surface area contributed by atoms with Gasteiger partial charge in [-0.3, -0.25) is 0 Å². The SMILES string of the molecule is CCC(CC)CN(CC)c1ncc(CO)c2ccccc12. The maximum Gasteiger partial charge on any atom is 0.136 e. The molecule has 0 aliphatic heterocycles.